The summed E-state index contributed by atoms with van der Waals surface area (Å²) in [5, 5.41) is 13.3. The molecule has 0 aromatic carbocycles. The van der Waals surface area contributed by atoms with Gasteiger partial charge in [0.2, 0.25) is 0 Å². The molecule has 106 valence electrons. The third-order valence-electron chi connectivity index (χ3n) is 4.09. The molecule has 2 aliphatic rings. The SMILES string of the molecule is CC(C)CCN(CC(C)(CO)NC1CC1)C1CC1. The molecule has 2 N–H and O–H groups in total. The summed E-state index contributed by atoms with van der Waals surface area (Å²) >= 11 is 0. The van der Waals surface area contributed by atoms with Gasteiger partial charge in [-0.25, -0.2) is 0 Å². The summed E-state index contributed by atoms with van der Waals surface area (Å²) in [7, 11) is 0. The van der Waals surface area contributed by atoms with Crippen molar-refractivity contribution in [3.63, 3.8) is 0 Å². The number of rotatable bonds is 9. The second kappa shape index (κ2) is 5.89. The molecule has 0 heterocycles. The zero-order valence-electron chi connectivity index (χ0n) is 12.3. The molecule has 3 nitrogen and oxygen atoms in total. The maximum absolute atomic E-state index is 9.70. The first-order chi connectivity index (χ1) is 8.52. The number of aliphatic hydroxyl groups is 1. The topological polar surface area (TPSA) is 35.5 Å². The van der Waals surface area contributed by atoms with Crippen molar-refractivity contribution >= 4 is 0 Å². The fraction of sp³-hybridized carbons (Fsp3) is 1.00. The average molecular weight is 254 g/mol. The lowest BCUT2D eigenvalue weighted by molar-refractivity contribution is 0.111. The Labute approximate surface area is 112 Å². The molecule has 0 radical (unpaired) electrons. The van der Waals surface area contributed by atoms with E-state index >= 15 is 0 Å². The fourth-order valence-electron chi connectivity index (χ4n) is 2.56. The highest BCUT2D eigenvalue weighted by Gasteiger charge is 2.37. The quantitative estimate of drug-likeness (QED) is 0.660. The number of aliphatic hydroxyl groups excluding tert-OH is 1. The van der Waals surface area contributed by atoms with Crippen LogP contribution in [-0.4, -0.2) is 47.3 Å². The van der Waals surface area contributed by atoms with Gasteiger partial charge >= 0.3 is 0 Å². The molecule has 1 unspecified atom stereocenters. The van der Waals surface area contributed by atoms with E-state index in [1.807, 2.05) is 0 Å². The zero-order chi connectivity index (χ0) is 13.2. The van der Waals surface area contributed by atoms with E-state index in [1.165, 1.54) is 38.6 Å². The van der Waals surface area contributed by atoms with Gasteiger partial charge in [0.1, 0.15) is 0 Å². The van der Waals surface area contributed by atoms with E-state index in [-0.39, 0.29) is 12.1 Å². The van der Waals surface area contributed by atoms with Crippen LogP contribution in [-0.2, 0) is 0 Å². The molecule has 0 saturated heterocycles. The number of nitrogens with zero attached hydrogens (tertiary/aromatic N) is 1. The van der Waals surface area contributed by atoms with E-state index in [9.17, 15) is 5.11 Å². The van der Waals surface area contributed by atoms with E-state index in [4.69, 9.17) is 0 Å². The van der Waals surface area contributed by atoms with Gasteiger partial charge in [0, 0.05) is 18.6 Å². The molecule has 0 bridgehead atoms. The summed E-state index contributed by atoms with van der Waals surface area (Å²) < 4.78 is 0. The van der Waals surface area contributed by atoms with E-state index in [0.29, 0.717) is 6.04 Å². The second-order valence-corrected chi connectivity index (χ2v) is 7.02. The lowest BCUT2D eigenvalue weighted by Gasteiger charge is -2.36. The second-order valence-electron chi connectivity index (χ2n) is 7.02. The molecular weight excluding hydrogens is 224 g/mol. The minimum atomic E-state index is -0.110. The predicted molar refractivity (Wildman–Crippen MR) is 75.7 cm³/mol. The van der Waals surface area contributed by atoms with Crippen molar-refractivity contribution in [1.82, 2.24) is 10.2 Å². The third kappa shape index (κ3) is 4.52. The predicted octanol–water partition coefficient (Wildman–Crippen LogP) is 2.00. The van der Waals surface area contributed by atoms with Gasteiger partial charge in [-0.05, 0) is 51.5 Å². The van der Waals surface area contributed by atoms with Gasteiger partial charge in [-0.1, -0.05) is 13.8 Å². The van der Waals surface area contributed by atoms with Gasteiger partial charge in [-0.3, -0.25) is 4.90 Å². The standard InChI is InChI=1S/C15H30N2O/c1-12(2)8-9-17(14-6-7-14)10-15(3,11-18)16-13-4-5-13/h12-14,16,18H,4-11H2,1-3H3. The Morgan fingerprint density at radius 1 is 1.28 bits per heavy atom. The molecule has 1 atom stereocenters. The number of hydrogen-bond donors (Lipinski definition) is 2. The van der Waals surface area contributed by atoms with Crippen LogP contribution in [0.15, 0.2) is 0 Å². The Morgan fingerprint density at radius 2 is 1.94 bits per heavy atom. The monoisotopic (exact) mass is 254 g/mol. The summed E-state index contributed by atoms with van der Waals surface area (Å²) in [5.41, 5.74) is -0.110. The third-order valence-corrected chi connectivity index (χ3v) is 4.09. The average Bonchev–Trinajstić information content (AvgIpc) is 3.16. The summed E-state index contributed by atoms with van der Waals surface area (Å²) in [5.74, 6) is 0.767. The van der Waals surface area contributed by atoms with Crippen LogP contribution < -0.4 is 5.32 Å². The van der Waals surface area contributed by atoms with E-state index in [2.05, 4.69) is 31.0 Å². The van der Waals surface area contributed by atoms with Crippen LogP contribution in [0.5, 0.6) is 0 Å². The van der Waals surface area contributed by atoms with Crippen LogP contribution in [0.4, 0.5) is 0 Å². The Bertz CT molecular complexity index is 261. The molecule has 18 heavy (non-hydrogen) atoms. The molecule has 2 aliphatic carbocycles. The van der Waals surface area contributed by atoms with Gasteiger partial charge in [0.25, 0.3) is 0 Å². The van der Waals surface area contributed by atoms with Crippen molar-refractivity contribution in [2.75, 3.05) is 19.7 Å². The Morgan fingerprint density at radius 3 is 2.39 bits per heavy atom. The summed E-state index contributed by atoms with van der Waals surface area (Å²) in [4.78, 5) is 2.60. The first kappa shape index (κ1) is 14.3. The van der Waals surface area contributed by atoms with Crippen LogP contribution in [0.25, 0.3) is 0 Å². The van der Waals surface area contributed by atoms with Crippen LogP contribution >= 0.6 is 0 Å². The molecule has 2 fully saturated rings. The van der Waals surface area contributed by atoms with E-state index in [0.717, 1.165) is 18.5 Å². The van der Waals surface area contributed by atoms with Gasteiger partial charge in [-0.2, -0.15) is 0 Å². The van der Waals surface area contributed by atoms with Crippen molar-refractivity contribution in [1.29, 1.82) is 0 Å². The van der Waals surface area contributed by atoms with Crippen molar-refractivity contribution in [3.8, 4) is 0 Å². The van der Waals surface area contributed by atoms with Crippen LogP contribution in [0.3, 0.4) is 0 Å². The highest BCUT2D eigenvalue weighted by Crippen LogP contribution is 2.30. The highest BCUT2D eigenvalue weighted by atomic mass is 16.3. The highest BCUT2D eigenvalue weighted by molar-refractivity contribution is 4.97. The molecule has 0 amide bonds. The lowest BCUT2D eigenvalue weighted by atomic mass is 10.0. The van der Waals surface area contributed by atoms with Crippen LogP contribution in [0.2, 0.25) is 0 Å². The van der Waals surface area contributed by atoms with Crippen molar-refractivity contribution in [2.24, 2.45) is 5.92 Å². The molecule has 0 aromatic rings. The summed E-state index contributed by atoms with van der Waals surface area (Å²) in [6.07, 6.45) is 6.53. The van der Waals surface area contributed by atoms with Gasteiger partial charge in [0.05, 0.1) is 12.1 Å². The normalized spacial score (nSPS) is 23.7. The Kier molecular flexibility index (Phi) is 4.68. The molecule has 0 aromatic heterocycles. The van der Waals surface area contributed by atoms with Crippen LogP contribution in [0.1, 0.15) is 52.9 Å². The van der Waals surface area contributed by atoms with Crippen LogP contribution in [0, 0.1) is 5.92 Å². The smallest absolute Gasteiger partial charge is 0.0623 e. The number of nitrogens with one attached hydrogen (secondary N) is 1. The Balaban J connectivity index is 1.84. The summed E-state index contributed by atoms with van der Waals surface area (Å²) in [6.45, 7) is 9.18. The van der Waals surface area contributed by atoms with Crippen molar-refractivity contribution < 1.29 is 5.11 Å². The Hall–Kier alpha value is -0.120. The molecule has 2 saturated carbocycles. The minimum absolute atomic E-state index is 0.110. The fourth-order valence-corrected chi connectivity index (χ4v) is 2.56. The molecule has 2 rings (SSSR count). The maximum atomic E-state index is 9.70. The molecule has 0 aliphatic heterocycles. The van der Waals surface area contributed by atoms with E-state index < -0.39 is 0 Å². The van der Waals surface area contributed by atoms with Gasteiger partial charge in [0.15, 0.2) is 0 Å². The molecule has 0 spiro atoms. The number of hydrogen-bond acceptors (Lipinski definition) is 3. The first-order valence-corrected chi connectivity index (χ1v) is 7.65. The largest absolute Gasteiger partial charge is 0.394 e. The zero-order valence-corrected chi connectivity index (χ0v) is 12.3. The minimum Gasteiger partial charge on any atom is -0.394 e. The van der Waals surface area contributed by atoms with Gasteiger partial charge < -0.3 is 10.4 Å². The van der Waals surface area contributed by atoms with Gasteiger partial charge in [-0.15, -0.1) is 0 Å². The van der Waals surface area contributed by atoms with Crippen molar-refractivity contribution in [3.05, 3.63) is 0 Å². The van der Waals surface area contributed by atoms with Crippen molar-refractivity contribution in [2.45, 2.75) is 70.5 Å². The lowest BCUT2D eigenvalue weighted by Crippen LogP contribution is -2.55. The maximum Gasteiger partial charge on any atom is 0.0623 e. The van der Waals surface area contributed by atoms with E-state index in [1.54, 1.807) is 0 Å². The molecule has 3 heteroatoms. The first-order valence-electron chi connectivity index (χ1n) is 7.65. The molecular formula is C15H30N2O. The summed E-state index contributed by atoms with van der Waals surface area (Å²) in [6, 6.07) is 1.45.